The minimum absolute atomic E-state index is 0.0573. The summed E-state index contributed by atoms with van der Waals surface area (Å²) in [5.41, 5.74) is 0.0573. The SMILES string of the molecule is CCOc1ccc(S(=O)(=O)NCCC(=O)Nc2ccccc2F)cc1. The molecule has 0 saturated heterocycles. The molecule has 0 heterocycles. The van der Waals surface area contributed by atoms with Crippen molar-refractivity contribution in [3.8, 4) is 5.75 Å². The molecule has 0 aromatic heterocycles. The van der Waals surface area contributed by atoms with Crippen molar-refractivity contribution in [3.05, 3.63) is 54.3 Å². The van der Waals surface area contributed by atoms with Crippen LogP contribution in [0, 0.1) is 5.82 Å². The van der Waals surface area contributed by atoms with Gasteiger partial charge in [-0.3, -0.25) is 4.79 Å². The lowest BCUT2D eigenvalue weighted by Crippen LogP contribution is -2.28. The van der Waals surface area contributed by atoms with Gasteiger partial charge in [0.05, 0.1) is 17.2 Å². The van der Waals surface area contributed by atoms with Gasteiger partial charge < -0.3 is 10.1 Å². The predicted octanol–water partition coefficient (Wildman–Crippen LogP) is 2.53. The fourth-order valence-corrected chi connectivity index (χ4v) is 3.07. The number of rotatable bonds is 8. The molecule has 6 nitrogen and oxygen atoms in total. The van der Waals surface area contributed by atoms with Gasteiger partial charge in [0.15, 0.2) is 0 Å². The lowest BCUT2D eigenvalue weighted by atomic mass is 10.3. The zero-order valence-electron chi connectivity index (χ0n) is 13.7. The molecule has 0 bridgehead atoms. The first-order valence-corrected chi connectivity index (χ1v) is 9.17. The zero-order chi connectivity index (χ0) is 18.3. The normalized spacial score (nSPS) is 11.1. The van der Waals surface area contributed by atoms with E-state index in [1.54, 1.807) is 18.2 Å². The minimum Gasteiger partial charge on any atom is -0.494 e. The Morgan fingerprint density at radius 1 is 1.12 bits per heavy atom. The molecule has 2 N–H and O–H groups in total. The maximum absolute atomic E-state index is 13.4. The lowest BCUT2D eigenvalue weighted by molar-refractivity contribution is -0.116. The number of benzene rings is 2. The number of halogens is 1. The number of hydrogen-bond donors (Lipinski definition) is 2. The maximum atomic E-state index is 13.4. The summed E-state index contributed by atoms with van der Waals surface area (Å²) in [5, 5.41) is 2.39. The van der Waals surface area contributed by atoms with Gasteiger partial charge in [0.2, 0.25) is 15.9 Å². The zero-order valence-corrected chi connectivity index (χ0v) is 14.5. The summed E-state index contributed by atoms with van der Waals surface area (Å²) in [7, 11) is -3.73. The number of para-hydroxylation sites is 1. The Kier molecular flexibility index (Phi) is 6.49. The van der Waals surface area contributed by atoms with Gasteiger partial charge in [-0.25, -0.2) is 17.5 Å². The third-order valence-electron chi connectivity index (χ3n) is 3.24. The third-order valence-corrected chi connectivity index (χ3v) is 4.71. The summed E-state index contributed by atoms with van der Waals surface area (Å²) >= 11 is 0. The molecule has 2 aromatic rings. The molecule has 8 heteroatoms. The third kappa shape index (κ3) is 5.54. The second kappa shape index (κ2) is 8.59. The molecule has 0 atom stereocenters. The predicted molar refractivity (Wildman–Crippen MR) is 92.4 cm³/mol. The van der Waals surface area contributed by atoms with E-state index in [1.165, 1.54) is 30.3 Å². The smallest absolute Gasteiger partial charge is 0.240 e. The van der Waals surface area contributed by atoms with Crippen LogP contribution >= 0.6 is 0 Å². The van der Waals surface area contributed by atoms with Gasteiger partial charge >= 0.3 is 0 Å². The monoisotopic (exact) mass is 366 g/mol. The van der Waals surface area contributed by atoms with Crippen LogP contribution in [0.5, 0.6) is 5.75 Å². The van der Waals surface area contributed by atoms with Crippen molar-refractivity contribution < 1.29 is 22.3 Å². The van der Waals surface area contributed by atoms with E-state index in [-0.39, 0.29) is 23.5 Å². The van der Waals surface area contributed by atoms with E-state index in [2.05, 4.69) is 10.0 Å². The minimum atomic E-state index is -3.73. The van der Waals surface area contributed by atoms with Gasteiger partial charge in [0.25, 0.3) is 0 Å². The first-order valence-electron chi connectivity index (χ1n) is 7.69. The molecule has 0 saturated carbocycles. The second-order valence-electron chi connectivity index (χ2n) is 5.08. The highest BCUT2D eigenvalue weighted by atomic mass is 32.2. The molecular formula is C17H19FN2O4S. The molecule has 134 valence electrons. The fourth-order valence-electron chi connectivity index (χ4n) is 2.04. The van der Waals surface area contributed by atoms with Crippen molar-refractivity contribution in [2.24, 2.45) is 0 Å². The van der Waals surface area contributed by atoms with Crippen LogP contribution in [-0.4, -0.2) is 27.5 Å². The highest BCUT2D eigenvalue weighted by Gasteiger charge is 2.14. The van der Waals surface area contributed by atoms with E-state index in [9.17, 15) is 17.6 Å². The molecule has 0 spiro atoms. The van der Waals surface area contributed by atoms with Crippen molar-refractivity contribution in [1.29, 1.82) is 0 Å². The van der Waals surface area contributed by atoms with E-state index >= 15 is 0 Å². The lowest BCUT2D eigenvalue weighted by Gasteiger charge is -2.09. The molecular weight excluding hydrogens is 347 g/mol. The Labute approximate surface area is 146 Å². The van der Waals surface area contributed by atoms with Gasteiger partial charge in [-0.2, -0.15) is 0 Å². The van der Waals surface area contributed by atoms with E-state index < -0.39 is 21.7 Å². The number of amides is 1. The first kappa shape index (κ1) is 18.9. The molecule has 0 aliphatic carbocycles. The molecule has 0 aliphatic rings. The topological polar surface area (TPSA) is 84.5 Å². The van der Waals surface area contributed by atoms with Crippen LogP contribution in [0.4, 0.5) is 10.1 Å². The highest BCUT2D eigenvalue weighted by molar-refractivity contribution is 7.89. The van der Waals surface area contributed by atoms with Crippen LogP contribution in [0.2, 0.25) is 0 Å². The Hall–Kier alpha value is -2.45. The van der Waals surface area contributed by atoms with E-state index in [4.69, 9.17) is 4.74 Å². The molecule has 2 aromatic carbocycles. The van der Waals surface area contributed by atoms with E-state index in [1.807, 2.05) is 6.92 Å². The van der Waals surface area contributed by atoms with Crippen molar-refractivity contribution in [2.75, 3.05) is 18.5 Å². The van der Waals surface area contributed by atoms with Gasteiger partial charge in [-0.15, -0.1) is 0 Å². The van der Waals surface area contributed by atoms with Crippen LogP contribution in [-0.2, 0) is 14.8 Å². The number of nitrogens with one attached hydrogen (secondary N) is 2. The Bertz CT molecular complexity index is 823. The first-order chi connectivity index (χ1) is 11.9. The molecule has 0 aliphatic heterocycles. The summed E-state index contributed by atoms with van der Waals surface area (Å²) in [6.07, 6.45) is -0.120. The molecule has 25 heavy (non-hydrogen) atoms. The maximum Gasteiger partial charge on any atom is 0.240 e. The van der Waals surface area contributed by atoms with Crippen molar-refractivity contribution in [2.45, 2.75) is 18.2 Å². The fraction of sp³-hybridized carbons (Fsp3) is 0.235. The van der Waals surface area contributed by atoms with E-state index in [0.29, 0.717) is 12.4 Å². The second-order valence-corrected chi connectivity index (χ2v) is 6.85. The number of hydrogen-bond acceptors (Lipinski definition) is 4. The van der Waals surface area contributed by atoms with Crippen LogP contribution in [0.1, 0.15) is 13.3 Å². The van der Waals surface area contributed by atoms with Crippen LogP contribution < -0.4 is 14.8 Å². The van der Waals surface area contributed by atoms with Crippen molar-refractivity contribution in [1.82, 2.24) is 4.72 Å². The standard InChI is InChI=1S/C17H19FN2O4S/c1-2-24-13-7-9-14(10-8-13)25(22,23)19-12-11-17(21)20-16-6-4-3-5-15(16)18/h3-10,19H,2,11-12H2,1H3,(H,20,21). The summed E-state index contributed by atoms with van der Waals surface area (Å²) in [4.78, 5) is 11.8. The number of sulfonamides is 1. The number of ether oxygens (including phenoxy) is 1. The van der Waals surface area contributed by atoms with Crippen LogP contribution in [0.3, 0.4) is 0 Å². The van der Waals surface area contributed by atoms with E-state index in [0.717, 1.165) is 0 Å². The van der Waals surface area contributed by atoms with Gasteiger partial charge in [0, 0.05) is 13.0 Å². The summed E-state index contributed by atoms with van der Waals surface area (Å²) < 4.78 is 45.3. The summed E-state index contributed by atoms with van der Waals surface area (Å²) in [5.74, 6) is -0.462. The Balaban J connectivity index is 1.87. The summed E-state index contributed by atoms with van der Waals surface area (Å²) in [6, 6.07) is 11.7. The number of carbonyl (C=O) groups excluding carboxylic acids is 1. The van der Waals surface area contributed by atoms with Gasteiger partial charge in [-0.1, -0.05) is 12.1 Å². The Morgan fingerprint density at radius 2 is 1.80 bits per heavy atom. The van der Waals surface area contributed by atoms with Gasteiger partial charge in [0.1, 0.15) is 11.6 Å². The average Bonchev–Trinajstić information content (AvgIpc) is 2.58. The molecule has 1 amide bonds. The summed E-state index contributed by atoms with van der Waals surface area (Å²) in [6.45, 7) is 2.22. The molecule has 0 unspecified atom stereocenters. The van der Waals surface area contributed by atoms with Crippen molar-refractivity contribution >= 4 is 21.6 Å². The number of carbonyl (C=O) groups is 1. The highest BCUT2D eigenvalue weighted by Crippen LogP contribution is 2.16. The molecule has 0 radical (unpaired) electrons. The molecule has 2 rings (SSSR count). The van der Waals surface area contributed by atoms with Gasteiger partial charge in [-0.05, 0) is 43.3 Å². The van der Waals surface area contributed by atoms with Crippen LogP contribution in [0.25, 0.3) is 0 Å². The quantitative estimate of drug-likeness (QED) is 0.752. The average molecular weight is 366 g/mol. The Morgan fingerprint density at radius 3 is 2.44 bits per heavy atom. The van der Waals surface area contributed by atoms with Crippen molar-refractivity contribution in [3.63, 3.8) is 0 Å². The van der Waals surface area contributed by atoms with Crippen LogP contribution in [0.15, 0.2) is 53.4 Å². The number of anilines is 1. The molecule has 0 fully saturated rings. The largest absolute Gasteiger partial charge is 0.494 e.